The SMILES string of the molecule is COc1ccc(C2c3sc(=O)n(CC(=O)Nc4ccc(F)cc4)c3SC3C4CC(C5C(=O)N(c6ccccc6)C(=O)C45)C23)cc1. The molecule has 2 saturated carbocycles. The summed E-state index contributed by atoms with van der Waals surface area (Å²) < 4.78 is 20.3. The van der Waals surface area contributed by atoms with E-state index in [1.54, 1.807) is 31.0 Å². The summed E-state index contributed by atoms with van der Waals surface area (Å²) in [6.07, 6.45) is 0.772. The second-order valence-electron chi connectivity index (χ2n) is 12.1. The number of amides is 3. The largest absolute Gasteiger partial charge is 0.497 e. The number of rotatable bonds is 6. The quantitative estimate of drug-likeness (QED) is 0.284. The van der Waals surface area contributed by atoms with Crippen molar-refractivity contribution in [2.24, 2.45) is 29.6 Å². The van der Waals surface area contributed by atoms with E-state index in [1.807, 2.05) is 42.5 Å². The monoisotopic (exact) mass is 641 g/mol. The number of nitrogens with one attached hydrogen (secondary N) is 1. The number of aromatic nitrogens is 1. The summed E-state index contributed by atoms with van der Waals surface area (Å²) in [5.41, 5.74) is 2.05. The number of thiazole rings is 1. The van der Waals surface area contributed by atoms with Crippen molar-refractivity contribution in [3.8, 4) is 5.75 Å². The van der Waals surface area contributed by atoms with E-state index in [1.165, 1.54) is 33.7 Å². The molecule has 8 rings (SSSR count). The van der Waals surface area contributed by atoms with E-state index in [2.05, 4.69) is 5.32 Å². The van der Waals surface area contributed by atoms with E-state index in [4.69, 9.17) is 4.74 Å². The maximum Gasteiger partial charge on any atom is 0.308 e. The Labute approximate surface area is 266 Å². The minimum absolute atomic E-state index is 0.0104. The van der Waals surface area contributed by atoms with Gasteiger partial charge in [-0.3, -0.25) is 28.6 Å². The third-order valence-electron chi connectivity index (χ3n) is 9.87. The molecule has 45 heavy (non-hydrogen) atoms. The number of imide groups is 1. The van der Waals surface area contributed by atoms with Crippen molar-refractivity contribution in [1.82, 2.24) is 4.57 Å². The molecule has 1 N–H and O–H groups in total. The van der Waals surface area contributed by atoms with Crippen LogP contribution in [0.3, 0.4) is 0 Å². The molecule has 7 atom stereocenters. The molecule has 4 aliphatic rings. The van der Waals surface area contributed by atoms with Crippen LogP contribution in [0.25, 0.3) is 0 Å². The molecule has 3 aromatic carbocycles. The first-order valence-corrected chi connectivity index (χ1v) is 16.6. The molecule has 3 heterocycles. The van der Waals surface area contributed by atoms with Gasteiger partial charge in [-0.25, -0.2) is 4.39 Å². The number of anilines is 2. The lowest BCUT2D eigenvalue weighted by Gasteiger charge is -2.43. The molecule has 11 heteroatoms. The van der Waals surface area contributed by atoms with E-state index >= 15 is 0 Å². The van der Waals surface area contributed by atoms with Crippen LogP contribution in [0, 0.1) is 35.4 Å². The fraction of sp³-hybridized carbons (Fsp3) is 0.294. The molecule has 3 fully saturated rings. The van der Waals surface area contributed by atoms with Gasteiger partial charge in [-0.15, -0.1) is 11.8 Å². The van der Waals surface area contributed by atoms with Gasteiger partial charge in [0.1, 0.15) is 18.1 Å². The summed E-state index contributed by atoms with van der Waals surface area (Å²) in [6.45, 7) is -0.193. The number of hydrogen-bond donors (Lipinski definition) is 1. The highest BCUT2D eigenvalue weighted by molar-refractivity contribution is 8.00. The molecule has 0 spiro atoms. The van der Waals surface area contributed by atoms with E-state index in [9.17, 15) is 23.6 Å². The highest BCUT2D eigenvalue weighted by atomic mass is 32.2. The number of methoxy groups -OCH3 is 1. The molecule has 1 saturated heterocycles. The topological polar surface area (TPSA) is 97.7 Å². The van der Waals surface area contributed by atoms with E-state index in [-0.39, 0.29) is 52.2 Å². The zero-order valence-corrected chi connectivity index (χ0v) is 25.7. The lowest BCUT2D eigenvalue weighted by Crippen LogP contribution is -2.43. The molecule has 2 aliphatic heterocycles. The van der Waals surface area contributed by atoms with E-state index in [0.29, 0.717) is 17.1 Å². The van der Waals surface area contributed by atoms with Gasteiger partial charge in [0.05, 0.1) is 29.7 Å². The van der Waals surface area contributed by atoms with Gasteiger partial charge in [0.2, 0.25) is 17.7 Å². The minimum atomic E-state index is -0.408. The van der Waals surface area contributed by atoms with E-state index < -0.39 is 23.6 Å². The Kier molecular flexibility index (Phi) is 6.72. The third-order valence-corrected chi connectivity index (χ3v) is 12.7. The number of carbonyl (C=O) groups excluding carboxylic acids is 3. The molecule has 1 aromatic heterocycles. The number of nitrogens with zero attached hydrogens (tertiary/aromatic N) is 2. The van der Waals surface area contributed by atoms with Gasteiger partial charge in [-0.1, -0.05) is 41.7 Å². The zero-order chi connectivity index (χ0) is 31.0. The average molecular weight is 642 g/mol. The molecular weight excluding hydrogens is 614 g/mol. The smallest absolute Gasteiger partial charge is 0.308 e. The van der Waals surface area contributed by atoms with Gasteiger partial charge in [-0.05, 0) is 78.3 Å². The number of hydrogen-bond acceptors (Lipinski definition) is 7. The Balaban J connectivity index is 1.18. The highest BCUT2D eigenvalue weighted by Gasteiger charge is 2.69. The maximum absolute atomic E-state index is 13.9. The molecule has 4 aromatic rings. The number of thioether (sulfide) groups is 1. The van der Waals surface area contributed by atoms with Crippen LogP contribution >= 0.6 is 23.1 Å². The van der Waals surface area contributed by atoms with Crippen LogP contribution < -0.4 is 19.8 Å². The Hall–Kier alpha value is -4.22. The molecular formula is C34H28FN3O5S2. The van der Waals surface area contributed by atoms with Crippen LogP contribution in [-0.2, 0) is 20.9 Å². The van der Waals surface area contributed by atoms with Crippen LogP contribution in [0.2, 0.25) is 0 Å². The van der Waals surface area contributed by atoms with Crippen molar-refractivity contribution in [3.05, 3.63) is 105 Å². The fourth-order valence-electron chi connectivity index (χ4n) is 8.15. The Bertz CT molecular complexity index is 1890. The summed E-state index contributed by atoms with van der Waals surface area (Å²) in [4.78, 5) is 56.5. The van der Waals surface area contributed by atoms with Crippen molar-refractivity contribution in [2.45, 2.75) is 29.2 Å². The Morgan fingerprint density at radius 3 is 2.31 bits per heavy atom. The van der Waals surface area contributed by atoms with Crippen LogP contribution in [0.15, 0.2) is 88.7 Å². The highest BCUT2D eigenvalue weighted by Crippen LogP contribution is 2.69. The number of para-hydroxylation sites is 1. The minimum Gasteiger partial charge on any atom is -0.497 e. The van der Waals surface area contributed by atoms with E-state index in [0.717, 1.165) is 33.2 Å². The third kappa shape index (κ3) is 4.39. The normalized spacial score (nSPS) is 27.7. The number of ether oxygens (including phenoxy) is 1. The zero-order valence-electron chi connectivity index (χ0n) is 24.1. The van der Waals surface area contributed by atoms with Gasteiger partial charge in [0.15, 0.2) is 0 Å². The van der Waals surface area contributed by atoms with Crippen LogP contribution in [0.5, 0.6) is 5.75 Å². The molecule has 8 nitrogen and oxygen atoms in total. The lowest BCUT2D eigenvalue weighted by molar-refractivity contribution is -0.123. The number of carbonyl (C=O) groups is 3. The van der Waals surface area contributed by atoms with Crippen LogP contribution in [-0.4, -0.2) is 34.6 Å². The molecule has 0 radical (unpaired) electrons. The van der Waals surface area contributed by atoms with Gasteiger partial charge in [-0.2, -0.15) is 0 Å². The summed E-state index contributed by atoms with van der Waals surface area (Å²) in [6, 6.07) is 22.4. The first-order valence-electron chi connectivity index (χ1n) is 14.9. The number of fused-ring (bicyclic) bond motifs is 9. The molecule has 2 bridgehead atoms. The molecule has 3 amide bonds. The van der Waals surface area contributed by atoms with Gasteiger partial charge >= 0.3 is 4.87 Å². The summed E-state index contributed by atoms with van der Waals surface area (Å²) in [5.74, 6) is -1.36. The average Bonchev–Trinajstić information content (AvgIpc) is 3.77. The second kappa shape index (κ2) is 10.7. The van der Waals surface area contributed by atoms with Crippen LogP contribution in [0.4, 0.5) is 15.8 Å². The second-order valence-corrected chi connectivity index (χ2v) is 14.2. The number of benzene rings is 3. The number of halogens is 1. The van der Waals surface area contributed by atoms with Gasteiger partial charge in [0.25, 0.3) is 0 Å². The van der Waals surface area contributed by atoms with Crippen molar-refractivity contribution in [1.29, 1.82) is 0 Å². The van der Waals surface area contributed by atoms with Crippen LogP contribution in [0.1, 0.15) is 22.8 Å². The Morgan fingerprint density at radius 2 is 1.62 bits per heavy atom. The first-order chi connectivity index (χ1) is 21.8. The van der Waals surface area contributed by atoms with Crippen molar-refractivity contribution in [2.75, 3.05) is 17.3 Å². The first kappa shape index (κ1) is 28.3. The predicted octanol–water partition coefficient (Wildman–Crippen LogP) is 5.37. The maximum atomic E-state index is 13.9. The standard InChI is InChI=1S/C34H28FN3O5S2/c1-43-21-13-7-17(8-14-21)25-26-22-15-23(28-27(22)31(40)38(32(28)41)20-5-3-2-4-6-20)29(26)44-33-30(25)45-34(42)37(33)16-24(39)36-19-11-9-18(35)10-12-19/h2-14,22-23,25-29H,15-16H2,1H3,(H,36,39). The fourth-order valence-corrected chi connectivity index (χ4v) is 11.3. The van der Waals surface area contributed by atoms with Gasteiger partial charge < -0.3 is 10.1 Å². The van der Waals surface area contributed by atoms with Crippen molar-refractivity contribution >= 4 is 52.2 Å². The summed E-state index contributed by atoms with van der Waals surface area (Å²) in [5, 5.41) is 3.49. The summed E-state index contributed by atoms with van der Waals surface area (Å²) >= 11 is 2.72. The van der Waals surface area contributed by atoms with Crippen molar-refractivity contribution < 1.29 is 23.5 Å². The summed E-state index contributed by atoms with van der Waals surface area (Å²) in [7, 11) is 1.61. The van der Waals surface area contributed by atoms with Gasteiger partial charge in [0, 0.05) is 21.7 Å². The molecule has 228 valence electrons. The predicted molar refractivity (Wildman–Crippen MR) is 169 cm³/mol. The molecule has 2 aliphatic carbocycles. The van der Waals surface area contributed by atoms with Crippen molar-refractivity contribution in [3.63, 3.8) is 0 Å². The molecule has 7 unspecified atom stereocenters. The lowest BCUT2D eigenvalue weighted by atomic mass is 9.68. The Morgan fingerprint density at radius 1 is 0.933 bits per heavy atom.